The maximum atomic E-state index is 13.4. The normalized spacial score (nSPS) is 11.3. The van der Waals surface area contributed by atoms with Crippen LogP contribution in [-0.2, 0) is 21.4 Å². The molecule has 0 aliphatic rings. The molecule has 0 saturated heterocycles. The van der Waals surface area contributed by atoms with Crippen LogP contribution in [0.25, 0.3) is 0 Å². The second-order valence-electron chi connectivity index (χ2n) is 8.51. The Kier molecular flexibility index (Phi) is 10.4. The van der Waals surface area contributed by atoms with Crippen molar-refractivity contribution in [1.82, 2.24) is 5.43 Å². The Labute approximate surface area is 260 Å². The minimum absolute atomic E-state index is 0.0630. The van der Waals surface area contributed by atoms with Gasteiger partial charge in [0.15, 0.2) is 11.5 Å². The number of carbonyl (C=O) groups excluding carboxylic acids is 1. The summed E-state index contributed by atoms with van der Waals surface area (Å²) in [4.78, 5) is 12.9. The number of ether oxygens (including phenoxy) is 2. The Balaban J connectivity index is 1.48. The first-order chi connectivity index (χ1) is 19.7. The number of benzene rings is 4. The van der Waals surface area contributed by atoms with Crippen molar-refractivity contribution in [3.05, 3.63) is 116 Å². The second kappa shape index (κ2) is 14.0. The van der Waals surface area contributed by atoms with Gasteiger partial charge in [0.05, 0.1) is 28.4 Å². The molecule has 41 heavy (non-hydrogen) atoms. The van der Waals surface area contributed by atoms with Crippen LogP contribution >= 0.6 is 43.5 Å². The zero-order valence-electron chi connectivity index (χ0n) is 21.6. The number of halogens is 3. The molecule has 0 aliphatic carbocycles. The highest BCUT2D eigenvalue weighted by Gasteiger charge is 2.27. The van der Waals surface area contributed by atoms with E-state index in [0.29, 0.717) is 32.2 Å². The number of carbonyl (C=O) groups is 1. The van der Waals surface area contributed by atoms with Crippen molar-refractivity contribution in [3.8, 4) is 11.5 Å². The molecule has 1 amide bonds. The summed E-state index contributed by atoms with van der Waals surface area (Å²) in [7, 11) is -2.52. The van der Waals surface area contributed by atoms with Gasteiger partial charge in [0.1, 0.15) is 13.2 Å². The lowest BCUT2D eigenvalue weighted by Crippen LogP contribution is -2.39. The molecule has 0 radical (unpaired) electrons. The fraction of sp³-hybridized carbons (Fsp3) is 0.103. The van der Waals surface area contributed by atoms with Gasteiger partial charge in [-0.2, -0.15) is 5.10 Å². The molecule has 0 heterocycles. The van der Waals surface area contributed by atoms with Crippen molar-refractivity contribution in [1.29, 1.82) is 0 Å². The van der Waals surface area contributed by atoms with Gasteiger partial charge in [0.25, 0.3) is 15.9 Å². The van der Waals surface area contributed by atoms with E-state index in [1.807, 2.05) is 18.2 Å². The number of amides is 1. The molecule has 0 unspecified atom stereocenters. The van der Waals surface area contributed by atoms with E-state index < -0.39 is 22.5 Å². The number of rotatable bonds is 11. The predicted molar refractivity (Wildman–Crippen MR) is 167 cm³/mol. The summed E-state index contributed by atoms with van der Waals surface area (Å²) in [6.45, 7) is -0.253. The Morgan fingerprint density at radius 3 is 2.37 bits per heavy atom. The number of hydrogen-bond acceptors (Lipinski definition) is 6. The molecule has 0 atom stereocenters. The monoisotopic (exact) mass is 719 g/mol. The maximum absolute atomic E-state index is 13.4. The number of nitrogens with zero attached hydrogens (tertiary/aromatic N) is 2. The van der Waals surface area contributed by atoms with E-state index in [9.17, 15) is 13.2 Å². The smallest absolute Gasteiger partial charge is 0.264 e. The Hall–Kier alpha value is -3.38. The van der Waals surface area contributed by atoms with Crippen LogP contribution in [0.5, 0.6) is 11.5 Å². The number of anilines is 1. The summed E-state index contributed by atoms with van der Waals surface area (Å²) in [5.41, 5.74) is 4.15. The SMILES string of the molecule is COc1cc(/C=N\NC(=O)CN(c2ccc(Br)cc2)S(=O)(=O)c2ccccc2)cc(Br)c1OCc1ccccc1Cl. The lowest BCUT2D eigenvalue weighted by molar-refractivity contribution is -0.119. The molecule has 0 aromatic heterocycles. The van der Waals surface area contributed by atoms with Crippen LogP contribution in [0.4, 0.5) is 5.69 Å². The molecular weight excluding hydrogens is 698 g/mol. The van der Waals surface area contributed by atoms with Gasteiger partial charge in [-0.05, 0) is 76.1 Å². The van der Waals surface area contributed by atoms with Gasteiger partial charge in [0, 0.05) is 15.1 Å². The third kappa shape index (κ3) is 7.88. The topological polar surface area (TPSA) is 97.3 Å². The van der Waals surface area contributed by atoms with Gasteiger partial charge in [-0.15, -0.1) is 0 Å². The molecular formula is C29H24Br2ClN3O5S. The van der Waals surface area contributed by atoms with Crippen molar-refractivity contribution in [2.75, 3.05) is 18.0 Å². The van der Waals surface area contributed by atoms with Crippen molar-refractivity contribution < 1.29 is 22.7 Å². The number of sulfonamides is 1. The van der Waals surface area contributed by atoms with Crippen molar-refractivity contribution >= 4 is 71.3 Å². The van der Waals surface area contributed by atoms with Crippen molar-refractivity contribution in [2.24, 2.45) is 5.10 Å². The minimum atomic E-state index is -4.03. The summed E-state index contributed by atoms with van der Waals surface area (Å²) in [6, 6.07) is 25.3. The lowest BCUT2D eigenvalue weighted by Gasteiger charge is -2.23. The Bertz CT molecular complexity index is 1650. The van der Waals surface area contributed by atoms with E-state index >= 15 is 0 Å². The van der Waals surface area contributed by atoms with Gasteiger partial charge < -0.3 is 9.47 Å². The van der Waals surface area contributed by atoms with Gasteiger partial charge in [-0.1, -0.05) is 63.9 Å². The van der Waals surface area contributed by atoms with E-state index in [0.717, 1.165) is 14.3 Å². The molecule has 1 N–H and O–H groups in total. The number of methoxy groups -OCH3 is 1. The first-order valence-corrected chi connectivity index (χ1v) is 15.5. The van der Waals surface area contributed by atoms with E-state index in [-0.39, 0.29) is 11.5 Å². The molecule has 0 bridgehead atoms. The summed E-state index contributed by atoms with van der Waals surface area (Å²) in [5.74, 6) is 0.286. The molecule has 0 spiro atoms. The summed E-state index contributed by atoms with van der Waals surface area (Å²) in [6.07, 6.45) is 1.42. The largest absolute Gasteiger partial charge is 0.493 e. The maximum Gasteiger partial charge on any atom is 0.264 e. The third-order valence-corrected chi connectivity index (χ3v) is 8.99. The molecule has 0 aliphatic heterocycles. The van der Waals surface area contributed by atoms with Crippen LogP contribution in [-0.4, -0.2) is 34.2 Å². The van der Waals surface area contributed by atoms with Crippen molar-refractivity contribution in [2.45, 2.75) is 11.5 Å². The molecule has 12 heteroatoms. The average molecular weight is 722 g/mol. The average Bonchev–Trinajstić information content (AvgIpc) is 2.97. The molecule has 4 aromatic carbocycles. The lowest BCUT2D eigenvalue weighted by atomic mass is 10.2. The van der Waals surface area contributed by atoms with Gasteiger partial charge in [-0.25, -0.2) is 13.8 Å². The van der Waals surface area contributed by atoms with Crippen molar-refractivity contribution in [3.63, 3.8) is 0 Å². The van der Waals surface area contributed by atoms with Gasteiger partial charge in [0.2, 0.25) is 0 Å². The Morgan fingerprint density at radius 2 is 1.68 bits per heavy atom. The molecule has 4 aromatic rings. The second-order valence-corrected chi connectivity index (χ2v) is 12.5. The quantitative estimate of drug-likeness (QED) is 0.136. The van der Waals surface area contributed by atoms with Gasteiger partial charge in [-0.3, -0.25) is 9.10 Å². The van der Waals surface area contributed by atoms with Crippen LogP contribution in [0.1, 0.15) is 11.1 Å². The predicted octanol–water partition coefficient (Wildman–Crippen LogP) is 6.80. The highest BCUT2D eigenvalue weighted by molar-refractivity contribution is 9.10. The van der Waals surface area contributed by atoms with E-state index in [1.54, 1.807) is 60.7 Å². The molecule has 0 fully saturated rings. The van der Waals surface area contributed by atoms with E-state index in [2.05, 4.69) is 42.4 Å². The standard InChI is InChI=1S/C29H24Br2ClN3O5S/c1-39-27-16-20(15-25(31)29(27)40-19-21-7-5-6-10-26(21)32)17-33-34-28(36)18-35(23-13-11-22(30)12-14-23)41(37,38)24-8-3-2-4-9-24/h2-17H,18-19H2,1H3,(H,34,36)/b33-17-. The molecule has 4 rings (SSSR count). The fourth-order valence-corrected chi connectivity index (χ4v) is 6.18. The molecule has 0 saturated carbocycles. The Morgan fingerprint density at radius 1 is 1.00 bits per heavy atom. The highest BCUT2D eigenvalue weighted by atomic mass is 79.9. The first kappa shape index (κ1) is 30.6. The van der Waals surface area contributed by atoms with Crippen LogP contribution in [0.3, 0.4) is 0 Å². The molecule has 8 nitrogen and oxygen atoms in total. The van der Waals surface area contributed by atoms with Crippen LogP contribution < -0.4 is 19.2 Å². The number of hydrazone groups is 1. The summed E-state index contributed by atoms with van der Waals surface area (Å²) in [5, 5.41) is 4.62. The first-order valence-electron chi connectivity index (χ1n) is 12.1. The fourth-order valence-electron chi connectivity index (χ4n) is 3.71. The molecule has 212 valence electrons. The van der Waals surface area contributed by atoms with E-state index in [1.165, 1.54) is 25.5 Å². The zero-order chi connectivity index (χ0) is 29.4. The minimum Gasteiger partial charge on any atom is -0.493 e. The summed E-state index contributed by atoms with van der Waals surface area (Å²) < 4.78 is 40.7. The summed E-state index contributed by atoms with van der Waals surface area (Å²) >= 11 is 13.1. The van der Waals surface area contributed by atoms with Crippen LogP contribution in [0, 0.1) is 0 Å². The van der Waals surface area contributed by atoms with Crippen LogP contribution in [0.2, 0.25) is 5.02 Å². The third-order valence-electron chi connectivity index (χ3n) is 5.72. The number of nitrogens with one attached hydrogen (secondary N) is 1. The number of hydrogen-bond donors (Lipinski definition) is 1. The highest BCUT2D eigenvalue weighted by Crippen LogP contribution is 2.37. The van der Waals surface area contributed by atoms with Gasteiger partial charge >= 0.3 is 0 Å². The van der Waals surface area contributed by atoms with E-state index in [4.69, 9.17) is 21.1 Å². The zero-order valence-corrected chi connectivity index (χ0v) is 26.4. The van der Waals surface area contributed by atoms with Crippen LogP contribution in [0.15, 0.2) is 110 Å².